The van der Waals surface area contributed by atoms with Gasteiger partial charge in [-0.3, -0.25) is 0 Å². The summed E-state index contributed by atoms with van der Waals surface area (Å²) in [5.41, 5.74) is -8.77. The van der Waals surface area contributed by atoms with E-state index in [0.29, 0.717) is 0 Å². The maximum absolute atomic E-state index is 9.59. The van der Waals surface area contributed by atoms with Gasteiger partial charge >= 0.3 is 0 Å². The van der Waals surface area contributed by atoms with Gasteiger partial charge in [-0.25, -0.2) is 0 Å². The Kier molecular flexibility index (Phi) is 2.38. The first-order valence-electron chi connectivity index (χ1n) is 27.8. The zero-order valence-corrected chi connectivity index (χ0v) is 22.0. The van der Waals surface area contributed by atoms with E-state index in [9.17, 15) is 12.3 Å². The van der Waals surface area contributed by atoms with Crippen LogP contribution >= 0.6 is 0 Å². The molecule has 0 heteroatoms. The van der Waals surface area contributed by atoms with E-state index in [2.05, 4.69) is 0 Å². The zero-order chi connectivity index (χ0) is 55.4. The van der Waals surface area contributed by atoms with Gasteiger partial charge in [-0.05, 0) is 77.2 Å². The van der Waals surface area contributed by atoms with Gasteiger partial charge < -0.3 is 0 Å². The van der Waals surface area contributed by atoms with Crippen molar-refractivity contribution in [3.05, 3.63) is 181 Å². The summed E-state index contributed by atoms with van der Waals surface area (Å²) in [5, 5.41) is -3.39. The lowest BCUT2D eigenvalue weighted by molar-refractivity contribution is 1.58. The standard InChI is InChI=1S/C44H30/c1-3-15-31(16-4-1)35-19-7-8-20-36(35)33-27-29-34(30-28-33)43-39-23-11-13-25-41(39)44(42-26-14-12-24-40(42)43)38-22-10-9-21-37(38)32-17-5-2-6-18-32/h1-30H/i1D,2D,3D,4D,5D,6D,7D,8D,9D,10D,11D,12D,13D,14D,15D,16D,17D,18D,19D,20D,21D,22D,23D,24D,25D,26D,27D,28D,29D,30D. The zero-order valence-electron chi connectivity index (χ0n) is 52.0. The van der Waals surface area contributed by atoms with Crippen LogP contribution in [0.3, 0.4) is 0 Å². The summed E-state index contributed by atoms with van der Waals surface area (Å²) < 4.78 is 267. The van der Waals surface area contributed by atoms with Gasteiger partial charge in [0.2, 0.25) is 0 Å². The van der Waals surface area contributed by atoms with E-state index in [1.54, 1.807) is 0 Å². The molecule has 0 saturated heterocycles. The highest BCUT2D eigenvalue weighted by molar-refractivity contribution is 6.22. The maximum atomic E-state index is 9.59. The third kappa shape index (κ3) is 4.49. The van der Waals surface area contributed by atoms with Gasteiger partial charge in [0, 0.05) is 0 Å². The molecule has 0 amide bonds. The molecule has 8 aromatic rings. The molecule has 0 atom stereocenters. The minimum atomic E-state index is -1.20. The van der Waals surface area contributed by atoms with Crippen molar-refractivity contribution in [1.82, 2.24) is 0 Å². The highest BCUT2D eigenvalue weighted by Crippen LogP contribution is 2.46. The first kappa shape index (κ1) is 9.39. The van der Waals surface area contributed by atoms with Crippen molar-refractivity contribution < 1.29 is 41.1 Å². The van der Waals surface area contributed by atoms with Gasteiger partial charge in [0.25, 0.3) is 0 Å². The van der Waals surface area contributed by atoms with Crippen molar-refractivity contribution in [2.45, 2.75) is 0 Å². The van der Waals surface area contributed by atoms with E-state index in [0.717, 1.165) is 0 Å². The van der Waals surface area contributed by atoms with E-state index >= 15 is 0 Å². The Morgan fingerprint density at radius 1 is 0.227 bits per heavy atom. The smallest absolute Gasteiger partial charge is 0.0622 e. The van der Waals surface area contributed by atoms with Gasteiger partial charge in [-0.15, -0.1) is 0 Å². The highest BCUT2D eigenvalue weighted by atomic mass is 14.2. The van der Waals surface area contributed by atoms with Crippen LogP contribution in [-0.4, -0.2) is 0 Å². The Morgan fingerprint density at radius 3 is 0.977 bits per heavy atom. The van der Waals surface area contributed by atoms with Gasteiger partial charge in [0.05, 0.1) is 41.1 Å². The van der Waals surface area contributed by atoms with E-state index in [1.165, 1.54) is 0 Å². The lowest BCUT2D eigenvalue weighted by Gasteiger charge is -2.20. The van der Waals surface area contributed by atoms with E-state index in [4.69, 9.17) is 28.8 Å². The van der Waals surface area contributed by atoms with E-state index < -0.39 is 258 Å². The summed E-state index contributed by atoms with van der Waals surface area (Å²) in [7, 11) is 0. The van der Waals surface area contributed by atoms with Crippen LogP contribution in [-0.2, 0) is 0 Å². The van der Waals surface area contributed by atoms with Crippen molar-refractivity contribution in [2.75, 3.05) is 0 Å². The fraction of sp³-hybridized carbons (Fsp3) is 0. The quantitative estimate of drug-likeness (QED) is 0.175. The fourth-order valence-electron chi connectivity index (χ4n) is 4.81. The summed E-state index contributed by atoms with van der Waals surface area (Å²) in [6.45, 7) is 0. The summed E-state index contributed by atoms with van der Waals surface area (Å²) in [6.07, 6.45) is 0. The predicted octanol–water partition coefficient (Wildman–Crippen LogP) is 12.3. The summed E-state index contributed by atoms with van der Waals surface area (Å²) >= 11 is 0. The summed E-state index contributed by atoms with van der Waals surface area (Å²) in [5.74, 6) is 0. The second-order valence-corrected chi connectivity index (χ2v) is 9.00. The van der Waals surface area contributed by atoms with Crippen LogP contribution in [0, 0.1) is 0 Å². The topological polar surface area (TPSA) is 0 Å². The highest BCUT2D eigenvalue weighted by Gasteiger charge is 2.18. The summed E-state index contributed by atoms with van der Waals surface area (Å²) in [4.78, 5) is 0. The van der Waals surface area contributed by atoms with Crippen LogP contribution in [0.5, 0.6) is 0 Å². The molecule has 0 saturated carbocycles. The molecule has 0 unspecified atom stereocenters. The molecule has 0 aliphatic carbocycles. The molecule has 0 heterocycles. The summed E-state index contributed by atoms with van der Waals surface area (Å²) in [6, 6.07) is -31.4. The molecular formula is C44H30. The van der Waals surface area contributed by atoms with Crippen LogP contribution in [0.25, 0.3) is 77.2 Å². The minimum absolute atomic E-state index is 0.819. The Hall–Kier alpha value is -5.72. The lowest BCUT2D eigenvalue weighted by Crippen LogP contribution is -1.92. The van der Waals surface area contributed by atoms with Crippen molar-refractivity contribution in [3.63, 3.8) is 0 Å². The minimum Gasteiger partial charge on any atom is -0.0622 e. The van der Waals surface area contributed by atoms with Gasteiger partial charge in [0.15, 0.2) is 0 Å². The van der Waals surface area contributed by atoms with Crippen molar-refractivity contribution >= 4 is 21.5 Å². The monoisotopic (exact) mass is 588 g/mol. The number of benzene rings is 8. The second kappa shape index (κ2) is 11.2. The number of hydrogen-bond acceptors (Lipinski definition) is 0. The molecule has 0 nitrogen and oxygen atoms in total. The van der Waals surface area contributed by atoms with Crippen LogP contribution < -0.4 is 0 Å². The Labute approximate surface area is 300 Å². The molecule has 0 bridgehead atoms. The van der Waals surface area contributed by atoms with Gasteiger partial charge in [-0.2, -0.15) is 0 Å². The number of fused-ring (bicyclic) bond motifs is 2. The lowest BCUT2D eigenvalue weighted by atomic mass is 9.83. The van der Waals surface area contributed by atoms with Crippen molar-refractivity contribution in [2.24, 2.45) is 0 Å². The molecule has 206 valence electrons. The Balaban J connectivity index is 1.69. The first-order chi connectivity index (χ1) is 34.3. The molecule has 44 heavy (non-hydrogen) atoms. The maximum Gasteiger partial charge on any atom is 0.0629 e. The van der Waals surface area contributed by atoms with Gasteiger partial charge in [0.1, 0.15) is 0 Å². The molecule has 8 aromatic carbocycles. The third-order valence-corrected chi connectivity index (χ3v) is 6.62. The molecule has 0 spiro atoms. The molecule has 0 aliphatic heterocycles. The van der Waals surface area contributed by atoms with Crippen LogP contribution in [0.15, 0.2) is 181 Å². The molecule has 0 aromatic heterocycles. The Bertz CT molecular complexity index is 3780. The molecule has 0 N–H and O–H groups in total. The van der Waals surface area contributed by atoms with Crippen LogP contribution in [0.1, 0.15) is 41.1 Å². The van der Waals surface area contributed by atoms with Crippen molar-refractivity contribution in [3.8, 4) is 55.6 Å². The SMILES string of the molecule is [2H]c1c([2H])c([2H])c(-c2c([2H])c([2H])c([2H])c([2H])c2-c2c([2H])c([2H])c(-c3c4c([2H])c([2H])c([2H])c([2H])c4c(-c4c([2H])c([2H])c([2H])c([2H])c4-c4c([2H])c([2H])c([2H])c([2H])c4[2H])c4c([2H])c([2H])c([2H])c([2H])c34)c([2H])c2[2H])c([2H])c1[2H]. The number of rotatable bonds is 5. The van der Waals surface area contributed by atoms with Crippen LogP contribution in [0.2, 0.25) is 0 Å². The van der Waals surface area contributed by atoms with Crippen LogP contribution in [0.4, 0.5) is 0 Å². The largest absolute Gasteiger partial charge is 0.0629 e. The second-order valence-electron chi connectivity index (χ2n) is 9.00. The molecular weight excluding hydrogens is 528 g/mol. The molecule has 0 fully saturated rings. The van der Waals surface area contributed by atoms with E-state index in [-0.39, 0.29) is 0 Å². The predicted molar refractivity (Wildman–Crippen MR) is 189 cm³/mol. The average Bonchev–Trinajstić information content (AvgIpc) is 3.37. The fourth-order valence-corrected chi connectivity index (χ4v) is 4.81. The molecule has 0 aliphatic rings. The van der Waals surface area contributed by atoms with Crippen molar-refractivity contribution in [1.29, 1.82) is 0 Å². The Morgan fingerprint density at radius 2 is 0.523 bits per heavy atom. The number of hydrogen-bond donors (Lipinski definition) is 0. The molecule has 0 radical (unpaired) electrons. The average molecular weight is 589 g/mol. The third-order valence-electron chi connectivity index (χ3n) is 6.62. The van der Waals surface area contributed by atoms with Gasteiger partial charge in [-0.1, -0.05) is 181 Å². The molecule has 8 rings (SSSR count). The normalized spacial score (nSPS) is 20.7. The van der Waals surface area contributed by atoms with E-state index in [1.807, 2.05) is 0 Å². The first-order valence-corrected chi connectivity index (χ1v) is 12.8.